The van der Waals surface area contributed by atoms with Crippen LogP contribution in [0.2, 0.25) is 0 Å². The molecule has 0 aromatic heterocycles. The maximum atomic E-state index is 13.7. The molecule has 0 spiro atoms. The number of rotatable bonds is 5. The molecule has 1 aromatic rings. The molecule has 2 amide bonds. The van der Waals surface area contributed by atoms with E-state index in [4.69, 9.17) is 4.74 Å². The molecule has 1 unspecified atom stereocenters. The normalized spacial score (nSPS) is 20.5. The molecule has 0 bridgehead atoms. The van der Waals surface area contributed by atoms with Crippen LogP contribution in [0.4, 0.5) is 13.2 Å². The molecule has 1 atom stereocenters. The largest absolute Gasteiger partial charge is 0.497 e. The van der Waals surface area contributed by atoms with Crippen molar-refractivity contribution in [2.45, 2.75) is 32.1 Å². The van der Waals surface area contributed by atoms with E-state index in [9.17, 15) is 22.8 Å². The van der Waals surface area contributed by atoms with Gasteiger partial charge in [-0.05, 0) is 37.6 Å². The molecule has 1 N–H and O–H groups in total. The van der Waals surface area contributed by atoms with E-state index >= 15 is 0 Å². The van der Waals surface area contributed by atoms with Crippen LogP contribution >= 0.6 is 0 Å². The molecule has 1 heterocycles. The molecule has 25 heavy (non-hydrogen) atoms. The van der Waals surface area contributed by atoms with Gasteiger partial charge in [-0.15, -0.1) is 0 Å². The van der Waals surface area contributed by atoms with Crippen LogP contribution < -0.4 is 10.1 Å². The first-order valence-electron chi connectivity index (χ1n) is 7.58. The van der Waals surface area contributed by atoms with Gasteiger partial charge < -0.3 is 10.1 Å². The summed E-state index contributed by atoms with van der Waals surface area (Å²) in [6.07, 6.45) is -4.62. The number of carbonyl (C=O) groups is 2. The van der Waals surface area contributed by atoms with E-state index < -0.39 is 23.7 Å². The van der Waals surface area contributed by atoms with E-state index in [1.54, 1.807) is 12.2 Å². The second-order valence-corrected chi connectivity index (χ2v) is 5.51. The summed E-state index contributed by atoms with van der Waals surface area (Å²) in [5.41, 5.74) is -3.34. The van der Waals surface area contributed by atoms with Gasteiger partial charge in [0.05, 0.1) is 7.11 Å². The number of hydrogen-bond donors (Lipinski definition) is 1. The van der Waals surface area contributed by atoms with Crippen molar-refractivity contribution in [1.82, 2.24) is 10.2 Å². The number of carbonyl (C=O) groups excluding carboxylic acids is 2. The number of hydrogen-bond acceptors (Lipinski definition) is 4. The zero-order valence-corrected chi connectivity index (χ0v) is 14.0. The molecule has 0 fully saturated rings. The Morgan fingerprint density at radius 1 is 1.32 bits per heavy atom. The molecule has 9 heteroatoms. The highest BCUT2D eigenvalue weighted by Crippen LogP contribution is 2.37. The van der Waals surface area contributed by atoms with Crippen molar-refractivity contribution in [3.63, 3.8) is 0 Å². The molecule has 1 aromatic carbocycles. The number of amidine groups is 1. The number of amides is 2. The first-order valence-corrected chi connectivity index (χ1v) is 7.58. The Bertz CT molecular complexity index is 701. The Morgan fingerprint density at radius 2 is 1.92 bits per heavy atom. The number of benzene rings is 1. The molecule has 2 rings (SSSR count). The maximum Gasteiger partial charge on any atom is 0.442 e. The van der Waals surface area contributed by atoms with Gasteiger partial charge in [-0.3, -0.25) is 14.5 Å². The van der Waals surface area contributed by atoms with E-state index in [2.05, 4.69) is 4.99 Å². The third kappa shape index (κ3) is 3.31. The number of nitrogens with zero attached hydrogens (tertiary/aromatic N) is 2. The lowest BCUT2D eigenvalue weighted by molar-refractivity contribution is -0.196. The number of aliphatic imine (C=N–C) groups is 1. The molecule has 0 radical (unpaired) electrons. The summed E-state index contributed by atoms with van der Waals surface area (Å²) < 4.78 is 45.9. The van der Waals surface area contributed by atoms with Crippen LogP contribution in [0.15, 0.2) is 29.3 Å². The zero-order valence-electron chi connectivity index (χ0n) is 14.0. The van der Waals surface area contributed by atoms with Crippen LogP contribution in [0.1, 0.15) is 30.6 Å². The second-order valence-electron chi connectivity index (χ2n) is 5.51. The van der Waals surface area contributed by atoms with Gasteiger partial charge in [0.1, 0.15) is 11.6 Å². The van der Waals surface area contributed by atoms with E-state index in [0.717, 1.165) is 4.90 Å². The van der Waals surface area contributed by atoms with Gasteiger partial charge in [0.25, 0.3) is 11.8 Å². The average molecular weight is 357 g/mol. The fourth-order valence-electron chi connectivity index (χ4n) is 2.50. The fraction of sp³-hybridized carbons (Fsp3) is 0.438. The van der Waals surface area contributed by atoms with Crippen molar-refractivity contribution < 1.29 is 27.5 Å². The van der Waals surface area contributed by atoms with Gasteiger partial charge in [0.2, 0.25) is 0 Å². The SMILES string of the molecule is CCCN1C(=O)C(NC(=O)c2ccc(OC)cc2)(C(F)(F)F)N=C1C. The van der Waals surface area contributed by atoms with Gasteiger partial charge in [-0.2, -0.15) is 13.2 Å². The maximum absolute atomic E-state index is 13.7. The predicted octanol–water partition coefficient (Wildman–Crippen LogP) is 2.35. The minimum absolute atomic E-state index is 0.0426. The highest BCUT2D eigenvalue weighted by Gasteiger charge is 2.66. The zero-order chi connectivity index (χ0) is 18.8. The summed E-state index contributed by atoms with van der Waals surface area (Å²) in [6, 6.07) is 5.48. The van der Waals surface area contributed by atoms with Gasteiger partial charge in [0, 0.05) is 12.1 Å². The lowest BCUT2D eigenvalue weighted by atomic mass is 10.1. The lowest BCUT2D eigenvalue weighted by Gasteiger charge is -2.29. The van der Waals surface area contributed by atoms with Crippen LogP contribution in [0.5, 0.6) is 5.75 Å². The van der Waals surface area contributed by atoms with Crippen molar-refractivity contribution in [1.29, 1.82) is 0 Å². The molecule has 0 saturated carbocycles. The Balaban J connectivity index is 2.36. The van der Waals surface area contributed by atoms with Gasteiger partial charge >= 0.3 is 11.8 Å². The minimum atomic E-state index is -5.07. The van der Waals surface area contributed by atoms with Gasteiger partial charge in [0.15, 0.2) is 0 Å². The van der Waals surface area contributed by atoms with Crippen molar-refractivity contribution >= 4 is 17.6 Å². The third-order valence-electron chi connectivity index (χ3n) is 3.78. The first kappa shape index (κ1) is 18.8. The van der Waals surface area contributed by atoms with E-state index in [0.29, 0.717) is 12.2 Å². The topological polar surface area (TPSA) is 71.0 Å². The molecule has 6 nitrogen and oxygen atoms in total. The predicted molar refractivity (Wildman–Crippen MR) is 84.4 cm³/mol. The van der Waals surface area contributed by atoms with E-state index in [1.165, 1.54) is 38.3 Å². The summed E-state index contributed by atoms with van der Waals surface area (Å²) in [7, 11) is 1.42. The highest BCUT2D eigenvalue weighted by molar-refractivity contribution is 6.10. The third-order valence-corrected chi connectivity index (χ3v) is 3.78. The second kappa shape index (κ2) is 6.73. The summed E-state index contributed by atoms with van der Waals surface area (Å²) in [5.74, 6) is -1.99. The van der Waals surface area contributed by atoms with Crippen molar-refractivity contribution in [2.75, 3.05) is 13.7 Å². The van der Waals surface area contributed by atoms with Crippen molar-refractivity contribution in [3.05, 3.63) is 29.8 Å². The van der Waals surface area contributed by atoms with Gasteiger partial charge in [-0.1, -0.05) is 6.92 Å². The average Bonchev–Trinajstić information content (AvgIpc) is 2.80. The first-order chi connectivity index (χ1) is 11.7. The van der Waals surface area contributed by atoms with Crippen LogP contribution in [-0.2, 0) is 4.79 Å². The Labute approximate surface area is 142 Å². The Hall–Kier alpha value is -2.58. The summed E-state index contributed by atoms with van der Waals surface area (Å²) in [6.45, 7) is 3.12. The monoisotopic (exact) mass is 357 g/mol. The van der Waals surface area contributed by atoms with Crippen LogP contribution in [-0.4, -0.2) is 48.0 Å². The number of nitrogens with one attached hydrogen (secondary N) is 1. The Kier molecular flexibility index (Phi) is 5.05. The molecular formula is C16H18F3N3O3. The Morgan fingerprint density at radius 3 is 2.40 bits per heavy atom. The molecule has 0 aliphatic carbocycles. The van der Waals surface area contributed by atoms with Gasteiger partial charge in [-0.25, -0.2) is 4.99 Å². The van der Waals surface area contributed by atoms with E-state index in [1.807, 2.05) is 0 Å². The molecule has 136 valence electrons. The molecule has 1 aliphatic heterocycles. The molecule has 0 saturated heterocycles. The van der Waals surface area contributed by atoms with E-state index in [-0.39, 0.29) is 17.9 Å². The van der Waals surface area contributed by atoms with Crippen LogP contribution in [0.25, 0.3) is 0 Å². The fourth-order valence-corrected chi connectivity index (χ4v) is 2.50. The summed E-state index contributed by atoms with van der Waals surface area (Å²) in [5, 5.41) is 1.77. The number of ether oxygens (including phenoxy) is 1. The number of alkyl halides is 3. The molecule has 1 aliphatic rings. The highest BCUT2D eigenvalue weighted by atomic mass is 19.4. The summed E-state index contributed by atoms with van der Waals surface area (Å²) >= 11 is 0. The lowest BCUT2D eigenvalue weighted by Crippen LogP contribution is -2.63. The van der Waals surface area contributed by atoms with Crippen LogP contribution in [0.3, 0.4) is 0 Å². The number of halogens is 3. The quantitative estimate of drug-likeness (QED) is 0.879. The van der Waals surface area contributed by atoms with Crippen molar-refractivity contribution in [2.24, 2.45) is 4.99 Å². The molecular weight excluding hydrogens is 339 g/mol. The van der Waals surface area contributed by atoms with Crippen LogP contribution in [0, 0.1) is 0 Å². The number of methoxy groups -OCH3 is 1. The van der Waals surface area contributed by atoms with Crippen molar-refractivity contribution in [3.8, 4) is 5.75 Å². The standard InChI is InChI=1S/C16H18F3N3O3/c1-4-9-22-10(2)20-15(14(22)24,16(17,18)19)21-13(23)11-5-7-12(25-3)8-6-11/h5-8H,4,9H2,1-3H3,(H,21,23). The smallest absolute Gasteiger partial charge is 0.442 e. The minimum Gasteiger partial charge on any atom is -0.497 e. The summed E-state index contributed by atoms with van der Waals surface area (Å²) in [4.78, 5) is 29.1.